The zero-order chi connectivity index (χ0) is 45.2. The number of anilines is 2. The number of fused-ring (bicyclic) bond motifs is 3. The average Bonchev–Trinajstić information content (AvgIpc) is 3.62. The molecule has 9 rings (SSSR count). The first-order valence-corrected chi connectivity index (χ1v) is 22.1. The molecule has 0 spiro atoms. The summed E-state index contributed by atoms with van der Waals surface area (Å²) in [5.41, 5.74) is 11.4. The zero-order valence-corrected chi connectivity index (χ0v) is 37.6. The molecular formula is C51H58N8O5. The van der Waals surface area contributed by atoms with E-state index in [4.69, 9.17) is 15.2 Å². The molecule has 2 saturated heterocycles. The number of aromatic nitrogens is 4. The molecule has 4 aromatic carbocycles. The Hall–Kier alpha value is -6.89. The van der Waals surface area contributed by atoms with Crippen LogP contribution in [0.15, 0.2) is 114 Å². The Morgan fingerprint density at radius 2 is 1.14 bits per heavy atom. The van der Waals surface area contributed by atoms with Gasteiger partial charge in [0.25, 0.3) is 0 Å². The van der Waals surface area contributed by atoms with Gasteiger partial charge in [0, 0.05) is 61.8 Å². The van der Waals surface area contributed by atoms with E-state index in [0.29, 0.717) is 56.2 Å². The summed E-state index contributed by atoms with van der Waals surface area (Å²) in [6.45, 7) is 13.6. The Balaban J connectivity index is 0.000000175. The third kappa shape index (κ3) is 9.99. The van der Waals surface area contributed by atoms with E-state index in [1.165, 1.54) is 16.2 Å². The summed E-state index contributed by atoms with van der Waals surface area (Å²) in [7, 11) is 0. The lowest BCUT2D eigenvalue weighted by molar-refractivity contribution is 0.0184. The van der Waals surface area contributed by atoms with Crippen LogP contribution >= 0.6 is 0 Å². The second-order valence-corrected chi connectivity index (χ2v) is 18.7. The third-order valence-electron chi connectivity index (χ3n) is 11.7. The van der Waals surface area contributed by atoms with Gasteiger partial charge in [0.1, 0.15) is 17.0 Å². The summed E-state index contributed by atoms with van der Waals surface area (Å²) in [4.78, 5) is 53.2. The van der Waals surface area contributed by atoms with Crippen molar-refractivity contribution in [2.24, 2.45) is 0 Å². The Morgan fingerprint density at radius 1 is 0.656 bits per heavy atom. The molecule has 0 atom stereocenters. The molecule has 7 aromatic rings. The summed E-state index contributed by atoms with van der Waals surface area (Å²) < 4.78 is 12.7. The van der Waals surface area contributed by atoms with Crippen LogP contribution in [0.4, 0.5) is 21.1 Å². The first-order chi connectivity index (χ1) is 30.6. The van der Waals surface area contributed by atoms with E-state index in [2.05, 4.69) is 80.9 Å². The summed E-state index contributed by atoms with van der Waals surface area (Å²) in [6.07, 6.45) is 5.99. The van der Waals surface area contributed by atoms with Gasteiger partial charge in [-0.15, -0.1) is 0 Å². The van der Waals surface area contributed by atoms with Crippen molar-refractivity contribution in [3.05, 3.63) is 120 Å². The fourth-order valence-corrected chi connectivity index (χ4v) is 8.51. The largest absolute Gasteiger partial charge is 0.444 e. The zero-order valence-electron chi connectivity index (χ0n) is 37.6. The van der Waals surface area contributed by atoms with Crippen LogP contribution in [0.1, 0.15) is 73.3 Å². The molecular weight excluding hydrogens is 805 g/mol. The molecule has 64 heavy (non-hydrogen) atoms. The van der Waals surface area contributed by atoms with Crippen molar-refractivity contribution < 1.29 is 19.1 Å². The minimum absolute atomic E-state index is 0.0238. The number of piperidine rings is 2. The maximum atomic E-state index is 13.0. The van der Waals surface area contributed by atoms with Gasteiger partial charge in [-0.1, -0.05) is 72.8 Å². The van der Waals surface area contributed by atoms with Crippen molar-refractivity contribution in [2.75, 3.05) is 37.2 Å². The number of benzene rings is 4. The highest BCUT2D eigenvalue weighted by Crippen LogP contribution is 2.34. The van der Waals surface area contributed by atoms with Crippen molar-refractivity contribution >= 4 is 56.4 Å². The van der Waals surface area contributed by atoms with Gasteiger partial charge >= 0.3 is 17.9 Å². The number of carbonyl (C=O) groups excluding carboxylic acids is 2. The number of nitrogen functional groups attached to an aromatic ring is 1. The molecule has 4 N–H and O–H groups in total. The highest BCUT2D eigenvalue weighted by Gasteiger charge is 2.30. The fourth-order valence-electron chi connectivity index (χ4n) is 8.51. The van der Waals surface area contributed by atoms with Crippen molar-refractivity contribution in [3.8, 4) is 22.3 Å². The van der Waals surface area contributed by atoms with Crippen LogP contribution in [-0.2, 0) is 9.47 Å². The Morgan fingerprint density at radius 3 is 1.69 bits per heavy atom. The molecule has 5 heterocycles. The van der Waals surface area contributed by atoms with Gasteiger partial charge < -0.3 is 35.3 Å². The van der Waals surface area contributed by atoms with Gasteiger partial charge in [0.2, 0.25) is 0 Å². The molecule has 0 aliphatic carbocycles. The number of pyridine rings is 2. The van der Waals surface area contributed by atoms with Gasteiger partial charge in [-0.2, -0.15) is 0 Å². The summed E-state index contributed by atoms with van der Waals surface area (Å²) in [5.74, 6) is 0.696. The molecule has 2 aliphatic rings. The van der Waals surface area contributed by atoms with Crippen LogP contribution in [0.5, 0.6) is 0 Å². The van der Waals surface area contributed by atoms with Gasteiger partial charge in [-0.25, -0.2) is 24.4 Å². The summed E-state index contributed by atoms with van der Waals surface area (Å²) >= 11 is 0. The van der Waals surface area contributed by atoms with E-state index in [-0.39, 0.29) is 30.0 Å². The van der Waals surface area contributed by atoms with Crippen LogP contribution < -0.4 is 16.7 Å². The number of ether oxygens (including phenoxy) is 2. The van der Waals surface area contributed by atoms with Crippen LogP contribution in [0, 0.1) is 0 Å². The first kappa shape index (κ1) is 43.7. The van der Waals surface area contributed by atoms with Gasteiger partial charge in [-0.05, 0) is 124 Å². The van der Waals surface area contributed by atoms with Gasteiger partial charge in [0.05, 0.1) is 11.2 Å². The van der Waals surface area contributed by atoms with Crippen molar-refractivity contribution in [1.82, 2.24) is 29.3 Å². The normalized spacial score (nSPS) is 15.2. The molecule has 332 valence electrons. The summed E-state index contributed by atoms with van der Waals surface area (Å²) in [5, 5.41) is 8.20. The van der Waals surface area contributed by atoms with E-state index in [0.717, 1.165) is 46.0 Å². The van der Waals surface area contributed by atoms with Gasteiger partial charge in [0.15, 0.2) is 5.65 Å². The molecule has 0 unspecified atom stereocenters. The van der Waals surface area contributed by atoms with E-state index in [1.54, 1.807) is 26.8 Å². The average molecular weight is 863 g/mol. The van der Waals surface area contributed by atoms with Crippen LogP contribution in [0.25, 0.3) is 55.0 Å². The first-order valence-electron chi connectivity index (χ1n) is 22.1. The quantitative estimate of drug-likeness (QED) is 0.153. The number of nitrogens with one attached hydrogen (secondary N) is 2. The number of hydrogen-bond donors (Lipinski definition) is 3. The molecule has 2 aliphatic heterocycles. The van der Waals surface area contributed by atoms with Crippen molar-refractivity contribution in [2.45, 2.75) is 90.5 Å². The molecule has 0 radical (unpaired) electrons. The standard InChI is InChI=1S/C26H28N4O3.C25H30N4O2/c1-26(2,3)33-25(32)29-14-11-20(12-15-29)30-23-22(28-24(30)31)21(10-13-27-23)19-9-8-17-6-4-5-7-18(17)16-19;1-25(2,3)31-24(30)29-14-11-20(12-15-29)28-23-22(26)21(10-13-27-23)19-9-8-17-6-4-5-7-18(17)16-19/h4-10,13,16,20H,11-12,14-15H2,1-3H3,(H,28,31);4-10,13,16,20H,11-12,14-15,26H2,1-3H3,(H,27,28). The molecule has 13 heteroatoms. The predicted octanol–water partition coefficient (Wildman–Crippen LogP) is 10.4. The Bertz CT molecular complexity index is 2860. The number of nitrogens with zero attached hydrogens (tertiary/aromatic N) is 5. The molecule has 0 bridgehead atoms. The number of carbonyl (C=O) groups is 2. The summed E-state index contributed by atoms with van der Waals surface area (Å²) in [6, 6.07) is 33.3. The monoisotopic (exact) mass is 862 g/mol. The van der Waals surface area contributed by atoms with Crippen LogP contribution in [0.2, 0.25) is 0 Å². The van der Waals surface area contributed by atoms with E-state index >= 15 is 0 Å². The maximum absolute atomic E-state index is 13.0. The third-order valence-corrected chi connectivity index (χ3v) is 11.7. The topological polar surface area (TPSA) is 161 Å². The number of nitrogens with two attached hydrogens (primary N) is 1. The molecule has 0 saturated carbocycles. The minimum atomic E-state index is -0.523. The Kier molecular flexibility index (Phi) is 12.4. The lowest BCUT2D eigenvalue weighted by Crippen LogP contribution is -2.44. The SMILES string of the molecule is CC(C)(C)OC(=O)N1CCC(Nc2nccc(-c3ccc4ccccc4c3)c2N)CC1.CC(C)(C)OC(=O)N1CCC(n2c(=O)[nH]c3c(-c4ccc5ccccc5c4)ccnc32)CC1. The Labute approximate surface area is 373 Å². The number of imidazole rings is 1. The smallest absolute Gasteiger partial charge is 0.410 e. The molecule has 2 amide bonds. The number of aromatic amines is 1. The lowest BCUT2D eigenvalue weighted by Gasteiger charge is -2.34. The minimum Gasteiger partial charge on any atom is -0.444 e. The molecule has 3 aromatic heterocycles. The fraction of sp³-hybridized carbons (Fsp3) is 0.353. The van der Waals surface area contributed by atoms with E-state index in [9.17, 15) is 14.4 Å². The molecule has 2 fully saturated rings. The maximum Gasteiger partial charge on any atom is 0.410 e. The van der Waals surface area contributed by atoms with Crippen LogP contribution in [-0.4, -0.2) is 84.9 Å². The number of rotatable bonds is 5. The van der Waals surface area contributed by atoms with E-state index < -0.39 is 11.2 Å². The highest BCUT2D eigenvalue weighted by atomic mass is 16.6. The number of likely N-dealkylation sites (tertiary alicyclic amines) is 2. The number of hydrogen-bond acceptors (Lipinski definition) is 9. The lowest BCUT2D eigenvalue weighted by atomic mass is 10.0. The van der Waals surface area contributed by atoms with Crippen molar-refractivity contribution in [1.29, 1.82) is 0 Å². The van der Waals surface area contributed by atoms with Gasteiger partial charge in [-0.3, -0.25) is 4.57 Å². The number of H-pyrrole nitrogens is 1. The van der Waals surface area contributed by atoms with Crippen molar-refractivity contribution in [3.63, 3.8) is 0 Å². The highest BCUT2D eigenvalue weighted by molar-refractivity contribution is 5.95. The second kappa shape index (κ2) is 18.1. The van der Waals surface area contributed by atoms with E-state index in [1.807, 2.05) is 77.9 Å². The van der Waals surface area contributed by atoms with Crippen LogP contribution in [0.3, 0.4) is 0 Å². The second-order valence-electron chi connectivity index (χ2n) is 18.7. The molecule has 13 nitrogen and oxygen atoms in total. The predicted molar refractivity (Wildman–Crippen MR) is 255 cm³/mol. The number of amides is 2.